The number of likely N-dealkylation sites (tertiary alicyclic amines) is 1. The number of rotatable bonds is 7. The van der Waals surface area contributed by atoms with Crippen molar-refractivity contribution in [3.63, 3.8) is 0 Å². The molecule has 4 rings (SSSR count). The van der Waals surface area contributed by atoms with E-state index < -0.39 is 0 Å². The van der Waals surface area contributed by atoms with Crippen molar-refractivity contribution in [3.05, 3.63) is 42.0 Å². The first-order valence-electron chi connectivity index (χ1n) is 11.6. The molecule has 1 atom stereocenters. The minimum Gasteiger partial charge on any atom is -0.343 e. The molecule has 2 heterocycles. The van der Waals surface area contributed by atoms with Gasteiger partial charge in [-0.3, -0.25) is 14.5 Å². The third kappa shape index (κ3) is 5.53. The molecule has 1 unspecified atom stereocenters. The summed E-state index contributed by atoms with van der Waals surface area (Å²) in [5, 5.41) is 0. The minimum absolute atomic E-state index is 0.183. The topological polar surface area (TPSA) is 43.9 Å². The van der Waals surface area contributed by atoms with Crippen molar-refractivity contribution in [1.29, 1.82) is 0 Å². The predicted octanol–water partition coefficient (Wildman–Crippen LogP) is 3.23. The molecule has 1 aromatic rings. The molecule has 0 aromatic heterocycles. The van der Waals surface area contributed by atoms with Crippen LogP contribution in [0.5, 0.6) is 0 Å². The van der Waals surface area contributed by atoms with E-state index in [9.17, 15) is 9.59 Å². The summed E-state index contributed by atoms with van der Waals surface area (Å²) in [6, 6.07) is 10.4. The third-order valence-corrected chi connectivity index (χ3v) is 7.89. The van der Waals surface area contributed by atoms with E-state index in [1.54, 1.807) is 11.8 Å². The van der Waals surface area contributed by atoms with E-state index in [0.29, 0.717) is 12.3 Å². The van der Waals surface area contributed by atoms with Crippen LogP contribution in [0.25, 0.3) is 6.08 Å². The Hall–Kier alpha value is -1.79. The quantitative estimate of drug-likeness (QED) is 0.652. The number of piperidine rings is 1. The molecule has 1 saturated carbocycles. The lowest BCUT2D eigenvalue weighted by molar-refractivity contribution is -0.135. The maximum atomic E-state index is 13.1. The summed E-state index contributed by atoms with van der Waals surface area (Å²) >= 11 is 1.72. The van der Waals surface area contributed by atoms with Gasteiger partial charge in [-0.2, -0.15) is 11.8 Å². The summed E-state index contributed by atoms with van der Waals surface area (Å²) in [5.74, 6) is 1.74. The van der Waals surface area contributed by atoms with Crippen LogP contribution in [0.3, 0.4) is 0 Å². The zero-order valence-corrected chi connectivity index (χ0v) is 19.5. The zero-order chi connectivity index (χ0) is 21.7. The summed E-state index contributed by atoms with van der Waals surface area (Å²) in [7, 11) is 0. The number of thioether (sulfide) groups is 1. The Morgan fingerprint density at radius 3 is 2.42 bits per heavy atom. The standard InChI is InChI=1S/C25H35N3O2S/c1-31-19-9-23(29)27-13-10-25(11-14-27)20-22(25)24(30)28-17-15-26(16-18-28)12-5-8-21-6-3-2-4-7-21/h2-8,22H,9-20H2,1H3/b8-5+. The van der Waals surface area contributed by atoms with Crippen LogP contribution in [0.4, 0.5) is 0 Å². The van der Waals surface area contributed by atoms with Crippen LogP contribution in [-0.2, 0) is 9.59 Å². The first kappa shape index (κ1) is 22.4. The van der Waals surface area contributed by atoms with Gasteiger partial charge in [-0.25, -0.2) is 0 Å². The van der Waals surface area contributed by atoms with Gasteiger partial charge in [0.05, 0.1) is 0 Å². The number of hydrogen-bond donors (Lipinski definition) is 0. The molecule has 2 saturated heterocycles. The maximum absolute atomic E-state index is 13.1. The Balaban J connectivity index is 1.18. The molecule has 168 valence electrons. The average Bonchev–Trinajstić information content (AvgIpc) is 3.51. The van der Waals surface area contributed by atoms with E-state index >= 15 is 0 Å². The fraction of sp³-hybridized carbons (Fsp3) is 0.600. The fourth-order valence-corrected chi connectivity index (χ4v) is 5.45. The van der Waals surface area contributed by atoms with Gasteiger partial charge in [0, 0.05) is 63.9 Å². The number of hydrogen-bond acceptors (Lipinski definition) is 4. The molecule has 31 heavy (non-hydrogen) atoms. The molecular weight excluding hydrogens is 406 g/mol. The van der Waals surface area contributed by atoms with Gasteiger partial charge in [0.1, 0.15) is 0 Å². The Kier molecular flexibility index (Phi) is 7.39. The smallest absolute Gasteiger partial charge is 0.226 e. The molecule has 6 heteroatoms. The van der Waals surface area contributed by atoms with Crippen molar-refractivity contribution in [2.45, 2.75) is 25.7 Å². The highest BCUT2D eigenvalue weighted by atomic mass is 32.2. The Morgan fingerprint density at radius 2 is 1.74 bits per heavy atom. The Morgan fingerprint density at radius 1 is 1.03 bits per heavy atom. The van der Waals surface area contributed by atoms with E-state index in [4.69, 9.17) is 0 Å². The van der Waals surface area contributed by atoms with Crippen molar-refractivity contribution in [1.82, 2.24) is 14.7 Å². The summed E-state index contributed by atoms with van der Waals surface area (Å²) in [6.45, 7) is 6.17. The van der Waals surface area contributed by atoms with Crippen LogP contribution in [0.2, 0.25) is 0 Å². The van der Waals surface area contributed by atoms with Crippen molar-refractivity contribution in [2.75, 3.05) is 57.8 Å². The number of carbonyl (C=O) groups is 2. The van der Waals surface area contributed by atoms with Crippen LogP contribution >= 0.6 is 11.8 Å². The van der Waals surface area contributed by atoms with Crippen LogP contribution in [-0.4, -0.2) is 84.3 Å². The molecule has 3 fully saturated rings. The van der Waals surface area contributed by atoms with Crippen molar-refractivity contribution < 1.29 is 9.59 Å². The van der Waals surface area contributed by atoms with Crippen LogP contribution in [0.15, 0.2) is 36.4 Å². The second-order valence-electron chi connectivity index (χ2n) is 9.18. The summed E-state index contributed by atoms with van der Waals surface area (Å²) in [4.78, 5) is 31.9. The number of nitrogens with zero attached hydrogens (tertiary/aromatic N) is 3. The minimum atomic E-state index is 0.183. The van der Waals surface area contributed by atoms with Crippen molar-refractivity contribution >= 4 is 29.7 Å². The molecule has 5 nitrogen and oxygen atoms in total. The molecule has 2 amide bonds. The molecule has 0 N–H and O–H groups in total. The van der Waals surface area contributed by atoms with Gasteiger partial charge in [0.2, 0.25) is 11.8 Å². The Bertz CT molecular complexity index is 781. The van der Waals surface area contributed by atoms with Gasteiger partial charge in [-0.15, -0.1) is 0 Å². The summed E-state index contributed by atoms with van der Waals surface area (Å²) in [5.41, 5.74) is 1.41. The monoisotopic (exact) mass is 441 g/mol. The van der Waals surface area contributed by atoms with E-state index in [1.165, 1.54) is 5.56 Å². The lowest BCUT2D eigenvalue weighted by Crippen LogP contribution is -2.49. The van der Waals surface area contributed by atoms with Gasteiger partial charge >= 0.3 is 0 Å². The molecule has 0 radical (unpaired) electrons. The zero-order valence-electron chi connectivity index (χ0n) is 18.7. The highest BCUT2D eigenvalue weighted by molar-refractivity contribution is 7.98. The lowest BCUT2D eigenvalue weighted by atomic mass is 9.90. The van der Waals surface area contributed by atoms with Crippen molar-refractivity contribution in [2.24, 2.45) is 11.3 Å². The predicted molar refractivity (Wildman–Crippen MR) is 128 cm³/mol. The highest BCUT2D eigenvalue weighted by Crippen LogP contribution is 2.60. The molecule has 0 bridgehead atoms. The first-order valence-corrected chi connectivity index (χ1v) is 13.0. The normalized spacial score (nSPS) is 23.5. The number of amides is 2. The molecule has 1 spiro atoms. The SMILES string of the molecule is CSCCC(=O)N1CCC2(CC1)CC2C(=O)N1CCN(C/C=C/c2ccccc2)CC1. The van der Waals surface area contributed by atoms with Gasteiger partial charge in [0.15, 0.2) is 0 Å². The van der Waals surface area contributed by atoms with Crippen LogP contribution < -0.4 is 0 Å². The molecule has 1 aliphatic carbocycles. The molecular formula is C25H35N3O2S. The lowest BCUT2D eigenvalue weighted by Gasteiger charge is -2.36. The largest absolute Gasteiger partial charge is 0.343 e. The van der Waals surface area contributed by atoms with Gasteiger partial charge in [-0.1, -0.05) is 42.5 Å². The van der Waals surface area contributed by atoms with Crippen LogP contribution in [0, 0.1) is 11.3 Å². The average molecular weight is 442 g/mol. The summed E-state index contributed by atoms with van der Waals surface area (Å²) in [6.07, 6.45) is 10.1. The molecule has 2 aliphatic heterocycles. The van der Waals surface area contributed by atoms with E-state index in [2.05, 4.69) is 46.2 Å². The van der Waals surface area contributed by atoms with E-state index in [0.717, 1.165) is 70.8 Å². The van der Waals surface area contributed by atoms with Crippen LogP contribution in [0.1, 0.15) is 31.2 Å². The highest BCUT2D eigenvalue weighted by Gasteiger charge is 2.59. The number of benzene rings is 1. The molecule has 3 aliphatic rings. The second kappa shape index (κ2) is 10.2. The van der Waals surface area contributed by atoms with E-state index in [-0.39, 0.29) is 17.2 Å². The second-order valence-corrected chi connectivity index (χ2v) is 10.2. The van der Waals surface area contributed by atoms with E-state index in [1.807, 2.05) is 17.2 Å². The molecule has 1 aromatic carbocycles. The third-order valence-electron chi connectivity index (χ3n) is 7.28. The fourth-order valence-electron chi connectivity index (χ4n) is 5.07. The van der Waals surface area contributed by atoms with Crippen molar-refractivity contribution in [3.8, 4) is 0 Å². The van der Waals surface area contributed by atoms with Gasteiger partial charge < -0.3 is 9.80 Å². The van der Waals surface area contributed by atoms with Gasteiger partial charge in [-0.05, 0) is 36.5 Å². The van der Waals surface area contributed by atoms with Gasteiger partial charge in [0.25, 0.3) is 0 Å². The number of carbonyl (C=O) groups excluding carboxylic acids is 2. The number of piperazine rings is 1. The summed E-state index contributed by atoms with van der Waals surface area (Å²) < 4.78 is 0. The Labute approximate surface area is 190 Å². The first-order chi connectivity index (χ1) is 15.1. The maximum Gasteiger partial charge on any atom is 0.226 e.